The predicted molar refractivity (Wildman–Crippen MR) is 93.6 cm³/mol. The number of thiophene rings is 1. The Morgan fingerprint density at radius 2 is 2.27 bits per heavy atom. The molecule has 0 aliphatic carbocycles. The zero-order valence-electron chi connectivity index (χ0n) is 13.0. The number of ether oxygens (including phenoxy) is 1. The van der Waals surface area contributed by atoms with Crippen LogP contribution in [0, 0.1) is 0 Å². The lowest BCUT2D eigenvalue weighted by Gasteiger charge is -2.14. The van der Waals surface area contributed by atoms with Gasteiger partial charge in [-0.25, -0.2) is 4.99 Å². The standard InChI is InChI=1S/C17H23N3OS/c1-2-18-17(20-11-14-6-5-9-21-14)19-10-13-12-22-16-8-4-3-7-15(13)16/h3-4,7-8,12,14H,2,5-6,9-11H2,1H3,(H2,18,19,20). The Morgan fingerprint density at radius 3 is 3.09 bits per heavy atom. The molecule has 0 spiro atoms. The third-order valence-corrected chi connectivity index (χ3v) is 4.85. The van der Waals surface area contributed by atoms with Crippen LogP contribution < -0.4 is 10.6 Å². The first-order valence-corrected chi connectivity index (χ1v) is 8.83. The van der Waals surface area contributed by atoms with Crippen LogP contribution in [0.1, 0.15) is 25.3 Å². The van der Waals surface area contributed by atoms with E-state index in [1.54, 1.807) is 11.3 Å². The summed E-state index contributed by atoms with van der Waals surface area (Å²) in [5.74, 6) is 0.869. The maximum atomic E-state index is 5.65. The fourth-order valence-electron chi connectivity index (χ4n) is 2.68. The molecule has 1 fully saturated rings. The smallest absolute Gasteiger partial charge is 0.191 e. The van der Waals surface area contributed by atoms with E-state index < -0.39 is 0 Å². The minimum atomic E-state index is 0.325. The number of hydrogen-bond donors (Lipinski definition) is 2. The van der Waals surface area contributed by atoms with Crippen LogP contribution in [0.25, 0.3) is 10.1 Å². The minimum Gasteiger partial charge on any atom is -0.376 e. The summed E-state index contributed by atoms with van der Waals surface area (Å²) < 4.78 is 6.97. The summed E-state index contributed by atoms with van der Waals surface area (Å²) in [6.45, 7) is 5.37. The van der Waals surface area contributed by atoms with E-state index in [0.29, 0.717) is 12.6 Å². The number of nitrogens with zero attached hydrogens (tertiary/aromatic N) is 1. The van der Waals surface area contributed by atoms with E-state index in [9.17, 15) is 0 Å². The summed E-state index contributed by atoms with van der Waals surface area (Å²) in [6, 6.07) is 8.50. The van der Waals surface area contributed by atoms with Gasteiger partial charge in [0, 0.05) is 24.4 Å². The Bertz CT molecular complexity index is 632. The van der Waals surface area contributed by atoms with Gasteiger partial charge in [0.2, 0.25) is 0 Å². The topological polar surface area (TPSA) is 45.7 Å². The van der Waals surface area contributed by atoms with Gasteiger partial charge in [0.15, 0.2) is 5.96 Å². The molecule has 2 N–H and O–H groups in total. The van der Waals surface area contributed by atoms with Gasteiger partial charge in [0.05, 0.1) is 12.6 Å². The van der Waals surface area contributed by atoms with E-state index in [0.717, 1.165) is 32.1 Å². The van der Waals surface area contributed by atoms with Crippen molar-refractivity contribution in [2.24, 2.45) is 4.99 Å². The van der Waals surface area contributed by atoms with Crippen LogP contribution in [0.3, 0.4) is 0 Å². The fourth-order valence-corrected chi connectivity index (χ4v) is 3.63. The first kappa shape index (κ1) is 15.3. The van der Waals surface area contributed by atoms with Crippen molar-refractivity contribution in [2.75, 3.05) is 19.7 Å². The lowest BCUT2D eigenvalue weighted by atomic mass is 10.2. The van der Waals surface area contributed by atoms with Crippen molar-refractivity contribution >= 4 is 27.4 Å². The second-order valence-corrected chi connectivity index (χ2v) is 6.38. The molecule has 1 saturated heterocycles. The maximum absolute atomic E-state index is 5.65. The zero-order chi connectivity index (χ0) is 15.2. The fraction of sp³-hybridized carbons (Fsp3) is 0.471. The number of aliphatic imine (C=N–C) groups is 1. The van der Waals surface area contributed by atoms with Gasteiger partial charge >= 0.3 is 0 Å². The Balaban J connectivity index is 1.64. The molecule has 0 amide bonds. The number of benzene rings is 1. The van der Waals surface area contributed by atoms with Gasteiger partial charge in [-0.3, -0.25) is 0 Å². The predicted octanol–water partition coefficient (Wildman–Crippen LogP) is 3.14. The summed E-state index contributed by atoms with van der Waals surface area (Å²) in [7, 11) is 0. The van der Waals surface area contributed by atoms with Crippen LogP contribution in [0.5, 0.6) is 0 Å². The van der Waals surface area contributed by atoms with Crippen LogP contribution in [0.4, 0.5) is 0 Å². The van der Waals surface area contributed by atoms with Crippen molar-refractivity contribution in [3.05, 3.63) is 35.2 Å². The zero-order valence-corrected chi connectivity index (χ0v) is 13.8. The molecule has 1 unspecified atom stereocenters. The normalized spacial score (nSPS) is 18.8. The molecule has 1 aliphatic rings. The van der Waals surface area contributed by atoms with Crippen molar-refractivity contribution in [2.45, 2.75) is 32.4 Å². The molecule has 1 aromatic heterocycles. The van der Waals surface area contributed by atoms with Crippen molar-refractivity contribution in [3.8, 4) is 0 Å². The van der Waals surface area contributed by atoms with Crippen molar-refractivity contribution in [3.63, 3.8) is 0 Å². The number of hydrogen-bond acceptors (Lipinski definition) is 3. The van der Waals surface area contributed by atoms with Crippen LogP contribution in [-0.2, 0) is 11.3 Å². The van der Waals surface area contributed by atoms with Gasteiger partial charge in [-0.1, -0.05) is 18.2 Å². The van der Waals surface area contributed by atoms with Crippen molar-refractivity contribution in [1.82, 2.24) is 10.6 Å². The molecule has 5 heteroatoms. The Labute approximate surface area is 135 Å². The van der Waals surface area contributed by atoms with Crippen LogP contribution in [0.15, 0.2) is 34.6 Å². The molecular weight excluding hydrogens is 294 g/mol. The highest BCUT2D eigenvalue weighted by molar-refractivity contribution is 7.17. The Kier molecular flexibility index (Phi) is 5.29. The molecule has 0 saturated carbocycles. The summed E-state index contributed by atoms with van der Waals surface area (Å²) in [5.41, 5.74) is 1.29. The number of fused-ring (bicyclic) bond motifs is 1. The van der Waals surface area contributed by atoms with Crippen LogP contribution in [-0.4, -0.2) is 31.8 Å². The largest absolute Gasteiger partial charge is 0.376 e. The first-order valence-electron chi connectivity index (χ1n) is 7.95. The Hall–Kier alpha value is -1.59. The lowest BCUT2D eigenvalue weighted by molar-refractivity contribution is 0.114. The van der Waals surface area contributed by atoms with Gasteiger partial charge in [-0.05, 0) is 42.2 Å². The van der Waals surface area contributed by atoms with Crippen LogP contribution >= 0.6 is 11.3 Å². The molecule has 2 heterocycles. The molecule has 118 valence electrons. The lowest BCUT2D eigenvalue weighted by Crippen LogP contribution is -2.41. The van der Waals surface area contributed by atoms with Crippen molar-refractivity contribution < 1.29 is 4.74 Å². The maximum Gasteiger partial charge on any atom is 0.191 e. The van der Waals surface area contributed by atoms with Crippen LogP contribution in [0.2, 0.25) is 0 Å². The van der Waals surface area contributed by atoms with E-state index in [-0.39, 0.29) is 0 Å². The van der Waals surface area contributed by atoms with Gasteiger partial charge in [-0.2, -0.15) is 0 Å². The average Bonchev–Trinajstić information content (AvgIpc) is 3.20. The quantitative estimate of drug-likeness (QED) is 0.658. The number of guanidine groups is 1. The first-order chi connectivity index (χ1) is 10.9. The van der Waals surface area contributed by atoms with Crippen molar-refractivity contribution in [1.29, 1.82) is 0 Å². The van der Waals surface area contributed by atoms with E-state index in [2.05, 4.69) is 47.2 Å². The molecule has 1 aromatic carbocycles. The molecule has 2 aromatic rings. The molecule has 4 nitrogen and oxygen atoms in total. The third-order valence-electron chi connectivity index (χ3n) is 3.83. The SMILES string of the molecule is CCNC(=NCc1csc2ccccc12)NCC1CCCO1. The second kappa shape index (κ2) is 7.61. The van der Waals surface area contributed by atoms with Gasteiger partial charge in [0.1, 0.15) is 0 Å². The minimum absolute atomic E-state index is 0.325. The Morgan fingerprint density at radius 1 is 1.36 bits per heavy atom. The molecule has 0 bridgehead atoms. The number of nitrogens with one attached hydrogen (secondary N) is 2. The highest BCUT2D eigenvalue weighted by Crippen LogP contribution is 2.26. The second-order valence-electron chi connectivity index (χ2n) is 5.47. The molecular formula is C17H23N3OS. The summed E-state index contributed by atoms with van der Waals surface area (Å²) >= 11 is 1.78. The highest BCUT2D eigenvalue weighted by atomic mass is 32.1. The van der Waals surface area contributed by atoms with E-state index >= 15 is 0 Å². The van der Waals surface area contributed by atoms with E-state index in [1.807, 2.05) is 0 Å². The molecule has 3 rings (SSSR count). The third kappa shape index (κ3) is 3.78. The van der Waals surface area contributed by atoms with E-state index in [1.165, 1.54) is 22.1 Å². The average molecular weight is 317 g/mol. The molecule has 0 radical (unpaired) electrons. The molecule has 22 heavy (non-hydrogen) atoms. The van der Waals surface area contributed by atoms with Gasteiger partial charge < -0.3 is 15.4 Å². The summed E-state index contributed by atoms with van der Waals surface area (Å²) in [4.78, 5) is 4.71. The number of rotatable bonds is 5. The highest BCUT2D eigenvalue weighted by Gasteiger charge is 2.15. The molecule has 1 atom stereocenters. The van der Waals surface area contributed by atoms with E-state index in [4.69, 9.17) is 9.73 Å². The van der Waals surface area contributed by atoms with Gasteiger partial charge in [-0.15, -0.1) is 11.3 Å². The molecule has 1 aliphatic heterocycles. The monoisotopic (exact) mass is 317 g/mol. The summed E-state index contributed by atoms with van der Waals surface area (Å²) in [5, 5.41) is 10.2. The van der Waals surface area contributed by atoms with Gasteiger partial charge in [0.25, 0.3) is 0 Å². The summed E-state index contributed by atoms with van der Waals surface area (Å²) in [6.07, 6.45) is 2.63.